The van der Waals surface area contributed by atoms with E-state index in [1.165, 1.54) is 10.8 Å². The van der Waals surface area contributed by atoms with Gasteiger partial charge in [-0.2, -0.15) is 0 Å². The van der Waals surface area contributed by atoms with Crippen molar-refractivity contribution in [3.8, 4) is 0 Å². The molecule has 0 saturated carbocycles. The number of hydrogen-bond donors (Lipinski definition) is 2. The Bertz CT molecular complexity index is 951. The number of nitrogens with zero attached hydrogens (tertiary/aromatic N) is 1. The summed E-state index contributed by atoms with van der Waals surface area (Å²) in [6.45, 7) is 4.27. The van der Waals surface area contributed by atoms with Gasteiger partial charge in [-0.25, -0.2) is 4.98 Å². The monoisotopic (exact) mass is 275 g/mol. The van der Waals surface area contributed by atoms with E-state index < -0.39 is 0 Å². The molecule has 2 aromatic carbocycles. The van der Waals surface area contributed by atoms with E-state index in [9.17, 15) is 0 Å². The zero-order chi connectivity index (χ0) is 14.4. The molecule has 4 rings (SSSR count). The first-order valence-corrected chi connectivity index (χ1v) is 7.30. The van der Waals surface area contributed by atoms with Crippen LogP contribution in [-0.4, -0.2) is 16.0 Å². The van der Waals surface area contributed by atoms with E-state index in [-0.39, 0.29) is 0 Å². The molecule has 0 atom stereocenters. The first-order valence-electron chi connectivity index (χ1n) is 7.30. The van der Waals surface area contributed by atoms with Crippen molar-refractivity contribution >= 4 is 38.5 Å². The van der Waals surface area contributed by atoms with Gasteiger partial charge in [-0.05, 0) is 26.0 Å². The van der Waals surface area contributed by atoms with Crippen LogP contribution in [0.15, 0.2) is 48.5 Å². The van der Waals surface area contributed by atoms with Crippen LogP contribution in [0.25, 0.3) is 32.7 Å². The number of aromatic nitrogens is 2. The van der Waals surface area contributed by atoms with Crippen molar-refractivity contribution in [3.63, 3.8) is 0 Å². The average Bonchev–Trinajstić information content (AvgIpc) is 2.86. The molecule has 2 N–H and O–H groups in total. The van der Waals surface area contributed by atoms with Gasteiger partial charge in [0.25, 0.3) is 0 Å². The summed E-state index contributed by atoms with van der Waals surface area (Å²) in [5, 5.41) is 7.05. The topological polar surface area (TPSA) is 40.7 Å². The minimum Gasteiger partial charge on any atom is -0.367 e. The van der Waals surface area contributed by atoms with Crippen LogP contribution in [0.1, 0.15) is 13.8 Å². The first kappa shape index (κ1) is 12.2. The molecule has 0 aliphatic carbocycles. The van der Waals surface area contributed by atoms with Crippen LogP contribution < -0.4 is 5.32 Å². The highest BCUT2D eigenvalue weighted by Gasteiger charge is 2.14. The van der Waals surface area contributed by atoms with E-state index in [2.05, 4.69) is 66.6 Å². The molecule has 21 heavy (non-hydrogen) atoms. The molecule has 0 unspecified atom stereocenters. The Labute approximate surface area is 123 Å². The normalized spacial score (nSPS) is 11.8. The Balaban J connectivity index is 2.21. The third-order valence-electron chi connectivity index (χ3n) is 3.77. The molecular weight excluding hydrogens is 258 g/mol. The maximum atomic E-state index is 4.83. The van der Waals surface area contributed by atoms with Crippen molar-refractivity contribution in [2.45, 2.75) is 19.9 Å². The van der Waals surface area contributed by atoms with Gasteiger partial charge in [0, 0.05) is 22.3 Å². The number of fused-ring (bicyclic) bond motifs is 5. The highest BCUT2D eigenvalue weighted by molar-refractivity contribution is 6.20. The van der Waals surface area contributed by atoms with Crippen LogP contribution in [0.3, 0.4) is 0 Å². The fraction of sp³-hybridized carbons (Fsp3) is 0.167. The Morgan fingerprint density at radius 3 is 2.48 bits per heavy atom. The summed E-state index contributed by atoms with van der Waals surface area (Å²) < 4.78 is 0. The molecule has 0 aliphatic rings. The number of rotatable bonds is 2. The molecular formula is C18H17N3. The zero-order valence-electron chi connectivity index (χ0n) is 12.1. The van der Waals surface area contributed by atoms with Gasteiger partial charge in [0.15, 0.2) is 0 Å². The van der Waals surface area contributed by atoms with Crippen molar-refractivity contribution < 1.29 is 0 Å². The van der Waals surface area contributed by atoms with Gasteiger partial charge in [0.05, 0.1) is 16.4 Å². The lowest BCUT2D eigenvalue weighted by Gasteiger charge is -2.12. The van der Waals surface area contributed by atoms with Crippen molar-refractivity contribution in [2.24, 2.45) is 0 Å². The molecule has 4 aromatic rings. The molecule has 104 valence electrons. The quantitative estimate of drug-likeness (QED) is 0.557. The summed E-state index contributed by atoms with van der Waals surface area (Å²) >= 11 is 0. The lowest BCUT2D eigenvalue weighted by atomic mass is 10.1. The molecule has 2 heterocycles. The highest BCUT2D eigenvalue weighted by Crippen LogP contribution is 2.35. The van der Waals surface area contributed by atoms with Gasteiger partial charge in [-0.3, -0.25) is 0 Å². The maximum Gasteiger partial charge on any atom is 0.136 e. The Morgan fingerprint density at radius 1 is 0.952 bits per heavy atom. The molecule has 0 bridgehead atoms. The van der Waals surface area contributed by atoms with E-state index in [1.54, 1.807) is 0 Å². The minimum absolute atomic E-state index is 0.343. The predicted octanol–water partition coefficient (Wildman–Crippen LogP) is 4.69. The van der Waals surface area contributed by atoms with Gasteiger partial charge in [0.2, 0.25) is 0 Å². The maximum absolute atomic E-state index is 4.83. The van der Waals surface area contributed by atoms with Crippen LogP contribution in [0, 0.1) is 0 Å². The van der Waals surface area contributed by atoms with Crippen molar-refractivity contribution in [2.75, 3.05) is 5.32 Å². The van der Waals surface area contributed by atoms with E-state index in [1.807, 2.05) is 6.07 Å². The smallest absolute Gasteiger partial charge is 0.136 e. The van der Waals surface area contributed by atoms with E-state index in [4.69, 9.17) is 4.98 Å². The van der Waals surface area contributed by atoms with Crippen molar-refractivity contribution in [3.05, 3.63) is 48.5 Å². The minimum atomic E-state index is 0.343. The molecule has 0 radical (unpaired) electrons. The van der Waals surface area contributed by atoms with Crippen LogP contribution in [0.2, 0.25) is 0 Å². The summed E-state index contributed by atoms with van der Waals surface area (Å²) in [4.78, 5) is 8.39. The summed E-state index contributed by atoms with van der Waals surface area (Å²) in [6, 6.07) is 17.0. The number of hydrogen-bond acceptors (Lipinski definition) is 2. The van der Waals surface area contributed by atoms with E-state index >= 15 is 0 Å². The molecule has 0 aliphatic heterocycles. The van der Waals surface area contributed by atoms with Crippen LogP contribution in [-0.2, 0) is 0 Å². The van der Waals surface area contributed by atoms with Gasteiger partial charge < -0.3 is 10.3 Å². The fourth-order valence-corrected chi connectivity index (χ4v) is 2.93. The largest absolute Gasteiger partial charge is 0.367 e. The predicted molar refractivity (Wildman–Crippen MR) is 89.9 cm³/mol. The Morgan fingerprint density at radius 2 is 1.67 bits per heavy atom. The molecule has 2 aromatic heterocycles. The van der Waals surface area contributed by atoms with E-state index in [0.717, 1.165) is 27.8 Å². The summed E-state index contributed by atoms with van der Waals surface area (Å²) in [5.74, 6) is 0.955. The number of benzene rings is 2. The van der Waals surface area contributed by atoms with Gasteiger partial charge >= 0.3 is 0 Å². The first-order chi connectivity index (χ1) is 10.2. The van der Waals surface area contributed by atoms with Crippen molar-refractivity contribution in [1.82, 2.24) is 9.97 Å². The second-order valence-electron chi connectivity index (χ2n) is 5.70. The number of aromatic amines is 1. The Kier molecular flexibility index (Phi) is 2.61. The third kappa shape index (κ3) is 1.85. The fourth-order valence-electron chi connectivity index (χ4n) is 2.93. The molecule has 0 amide bonds. The lowest BCUT2D eigenvalue weighted by molar-refractivity contribution is 0.894. The summed E-state index contributed by atoms with van der Waals surface area (Å²) in [5.41, 5.74) is 3.32. The summed E-state index contributed by atoms with van der Waals surface area (Å²) in [7, 11) is 0. The standard InChI is InChI=1S/C18H17N3/c1-11(2)19-18-16-12-7-3-5-9-14(12)20-17(16)13-8-4-6-10-15(13)21-18/h3-11,20H,1-2H3,(H,19,21). The van der Waals surface area contributed by atoms with Gasteiger partial charge in [-0.1, -0.05) is 36.4 Å². The second kappa shape index (κ2) is 4.48. The number of H-pyrrole nitrogens is 1. The Hall–Kier alpha value is -2.55. The van der Waals surface area contributed by atoms with Crippen LogP contribution in [0.5, 0.6) is 0 Å². The van der Waals surface area contributed by atoms with Crippen LogP contribution in [0.4, 0.5) is 5.82 Å². The number of para-hydroxylation sites is 2. The number of anilines is 1. The molecule has 3 heteroatoms. The van der Waals surface area contributed by atoms with Crippen molar-refractivity contribution in [1.29, 1.82) is 0 Å². The third-order valence-corrected chi connectivity index (χ3v) is 3.77. The molecule has 3 nitrogen and oxygen atoms in total. The number of nitrogens with one attached hydrogen (secondary N) is 2. The zero-order valence-corrected chi connectivity index (χ0v) is 12.1. The van der Waals surface area contributed by atoms with Gasteiger partial charge in [0.1, 0.15) is 5.82 Å². The van der Waals surface area contributed by atoms with Gasteiger partial charge in [-0.15, -0.1) is 0 Å². The second-order valence-corrected chi connectivity index (χ2v) is 5.70. The van der Waals surface area contributed by atoms with Crippen LogP contribution >= 0.6 is 0 Å². The molecule has 0 fully saturated rings. The lowest BCUT2D eigenvalue weighted by Crippen LogP contribution is -2.11. The van der Waals surface area contributed by atoms with E-state index in [0.29, 0.717) is 6.04 Å². The summed E-state index contributed by atoms with van der Waals surface area (Å²) in [6.07, 6.45) is 0. The average molecular weight is 275 g/mol. The molecule has 0 saturated heterocycles. The highest BCUT2D eigenvalue weighted by atomic mass is 15.0. The SMILES string of the molecule is CC(C)Nc1nc2ccccc2c2[nH]c3ccccc3c12. The number of pyridine rings is 1. The molecule has 0 spiro atoms.